The molecular weight excluding hydrogens is 272 g/mol. The summed E-state index contributed by atoms with van der Waals surface area (Å²) >= 11 is 1.93. The lowest BCUT2D eigenvalue weighted by atomic mass is 9.95. The highest BCUT2D eigenvalue weighted by Crippen LogP contribution is 2.29. The molecule has 5 heteroatoms. The van der Waals surface area contributed by atoms with E-state index in [1.165, 1.54) is 12.8 Å². The fourth-order valence-electron chi connectivity index (χ4n) is 2.98. The van der Waals surface area contributed by atoms with Gasteiger partial charge in [-0.1, -0.05) is 6.42 Å². The fourth-order valence-corrected chi connectivity index (χ4v) is 3.80. The Balaban J connectivity index is 1.78. The summed E-state index contributed by atoms with van der Waals surface area (Å²) in [5, 5.41) is 12.8. The van der Waals surface area contributed by atoms with Crippen molar-refractivity contribution in [2.75, 3.05) is 19.4 Å². The second kappa shape index (κ2) is 8.13. The molecule has 0 radical (unpaired) electrons. The monoisotopic (exact) mass is 300 g/mol. The van der Waals surface area contributed by atoms with Gasteiger partial charge in [-0.2, -0.15) is 11.8 Å². The first-order chi connectivity index (χ1) is 9.74. The summed E-state index contributed by atoms with van der Waals surface area (Å²) < 4.78 is 0. The standard InChI is InChI=1S/C15H28N2O2S/c1-20-14-6-4-5-12(11-14)16-15(19)17(13-7-8-13)9-2-3-10-18/h12-14,18H,2-11H2,1H3,(H,16,19). The number of unbranched alkanes of at least 4 members (excludes halogenated alkanes) is 1. The van der Waals surface area contributed by atoms with Gasteiger partial charge in [0.2, 0.25) is 0 Å². The number of hydrogen-bond donors (Lipinski definition) is 2. The molecule has 2 fully saturated rings. The van der Waals surface area contributed by atoms with Gasteiger partial charge in [0.15, 0.2) is 0 Å². The van der Waals surface area contributed by atoms with Crippen LogP contribution in [0.1, 0.15) is 51.4 Å². The van der Waals surface area contributed by atoms with Crippen LogP contribution in [0, 0.1) is 0 Å². The van der Waals surface area contributed by atoms with Crippen molar-refractivity contribution in [3.05, 3.63) is 0 Å². The van der Waals surface area contributed by atoms with E-state index < -0.39 is 0 Å². The molecule has 0 aromatic carbocycles. The summed E-state index contributed by atoms with van der Waals surface area (Å²) in [6.07, 6.45) is 10.9. The van der Waals surface area contributed by atoms with Crippen molar-refractivity contribution < 1.29 is 9.90 Å². The molecule has 0 aromatic rings. The topological polar surface area (TPSA) is 52.6 Å². The maximum Gasteiger partial charge on any atom is 0.317 e. The van der Waals surface area contributed by atoms with Gasteiger partial charge in [0.1, 0.15) is 0 Å². The van der Waals surface area contributed by atoms with Crippen LogP contribution in [0.25, 0.3) is 0 Å². The quantitative estimate of drug-likeness (QED) is 0.711. The van der Waals surface area contributed by atoms with Gasteiger partial charge in [0.25, 0.3) is 0 Å². The van der Waals surface area contributed by atoms with Crippen LogP contribution in [0.2, 0.25) is 0 Å². The molecule has 2 rings (SSSR count). The first-order valence-corrected chi connectivity index (χ1v) is 9.24. The number of aliphatic hydroxyl groups excluding tert-OH is 1. The minimum Gasteiger partial charge on any atom is -0.396 e. The minimum absolute atomic E-state index is 0.122. The van der Waals surface area contributed by atoms with Gasteiger partial charge in [-0.25, -0.2) is 4.79 Å². The van der Waals surface area contributed by atoms with Crippen molar-refractivity contribution in [3.63, 3.8) is 0 Å². The lowest BCUT2D eigenvalue weighted by Gasteiger charge is -2.31. The highest BCUT2D eigenvalue weighted by Gasteiger charge is 2.33. The van der Waals surface area contributed by atoms with Crippen LogP contribution in [-0.2, 0) is 0 Å². The van der Waals surface area contributed by atoms with Crippen LogP contribution in [0.3, 0.4) is 0 Å². The van der Waals surface area contributed by atoms with Crippen molar-refractivity contribution in [3.8, 4) is 0 Å². The van der Waals surface area contributed by atoms with E-state index in [1.54, 1.807) is 0 Å². The average molecular weight is 300 g/mol. The molecule has 2 amide bonds. The number of thioether (sulfide) groups is 1. The van der Waals surface area contributed by atoms with Crippen molar-refractivity contribution in [2.45, 2.75) is 68.7 Å². The van der Waals surface area contributed by atoms with Crippen molar-refractivity contribution in [2.24, 2.45) is 0 Å². The van der Waals surface area contributed by atoms with Crippen LogP contribution in [0.4, 0.5) is 4.79 Å². The van der Waals surface area contributed by atoms with Gasteiger partial charge in [-0.15, -0.1) is 0 Å². The van der Waals surface area contributed by atoms with E-state index in [0.29, 0.717) is 17.3 Å². The van der Waals surface area contributed by atoms with E-state index in [4.69, 9.17) is 5.11 Å². The Hall–Kier alpha value is -0.420. The molecule has 116 valence electrons. The molecule has 2 N–H and O–H groups in total. The Morgan fingerprint density at radius 3 is 2.75 bits per heavy atom. The minimum atomic E-state index is 0.122. The molecule has 0 bridgehead atoms. The zero-order valence-corrected chi connectivity index (χ0v) is 13.3. The Morgan fingerprint density at radius 1 is 1.30 bits per heavy atom. The molecule has 0 aromatic heterocycles. The Bertz CT molecular complexity index is 310. The second-order valence-electron chi connectivity index (χ2n) is 6.03. The molecule has 0 spiro atoms. The molecular formula is C15H28N2O2S. The third-order valence-electron chi connectivity index (χ3n) is 4.34. The number of nitrogens with zero attached hydrogens (tertiary/aromatic N) is 1. The Kier molecular flexibility index (Phi) is 6.49. The highest BCUT2D eigenvalue weighted by atomic mass is 32.2. The number of rotatable bonds is 7. The number of hydrogen-bond acceptors (Lipinski definition) is 3. The van der Waals surface area contributed by atoms with Crippen LogP contribution in [-0.4, -0.2) is 52.8 Å². The summed E-state index contributed by atoms with van der Waals surface area (Å²) in [5.41, 5.74) is 0. The second-order valence-corrected chi connectivity index (χ2v) is 7.16. The molecule has 20 heavy (non-hydrogen) atoms. The molecule has 2 aliphatic carbocycles. The number of amides is 2. The first-order valence-electron chi connectivity index (χ1n) is 7.95. The van der Waals surface area contributed by atoms with Crippen LogP contribution >= 0.6 is 11.8 Å². The van der Waals surface area contributed by atoms with Gasteiger partial charge < -0.3 is 15.3 Å². The van der Waals surface area contributed by atoms with E-state index in [-0.39, 0.29) is 12.6 Å². The molecule has 0 heterocycles. The lowest BCUT2D eigenvalue weighted by Crippen LogP contribution is -2.47. The summed E-state index contributed by atoms with van der Waals surface area (Å²) in [4.78, 5) is 14.4. The van der Waals surface area contributed by atoms with Crippen LogP contribution in [0.5, 0.6) is 0 Å². The van der Waals surface area contributed by atoms with Gasteiger partial charge in [0.05, 0.1) is 0 Å². The summed E-state index contributed by atoms with van der Waals surface area (Å²) in [6, 6.07) is 0.929. The molecule has 2 aliphatic rings. The van der Waals surface area contributed by atoms with Gasteiger partial charge in [0, 0.05) is 30.5 Å². The number of urea groups is 1. The highest BCUT2D eigenvalue weighted by molar-refractivity contribution is 7.99. The molecule has 2 saturated carbocycles. The SMILES string of the molecule is CSC1CCCC(NC(=O)N(CCCCO)C2CC2)C1. The van der Waals surface area contributed by atoms with E-state index in [9.17, 15) is 4.79 Å². The zero-order valence-electron chi connectivity index (χ0n) is 12.5. The summed E-state index contributed by atoms with van der Waals surface area (Å²) in [6.45, 7) is 1.01. The molecule has 0 saturated heterocycles. The Labute approximate surface area is 126 Å². The normalized spacial score (nSPS) is 26.3. The summed E-state index contributed by atoms with van der Waals surface area (Å²) in [7, 11) is 0. The van der Waals surface area contributed by atoms with E-state index in [2.05, 4.69) is 11.6 Å². The zero-order chi connectivity index (χ0) is 14.4. The number of carbonyl (C=O) groups is 1. The van der Waals surface area contributed by atoms with Crippen molar-refractivity contribution in [1.82, 2.24) is 10.2 Å². The number of carbonyl (C=O) groups excluding carboxylic acids is 1. The largest absolute Gasteiger partial charge is 0.396 e. The first kappa shape index (κ1) is 16.0. The third-order valence-corrected chi connectivity index (χ3v) is 5.44. The van der Waals surface area contributed by atoms with E-state index in [0.717, 1.165) is 45.1 Å². The number of nitrogens with one attached hydrogen (secondary N) is 1. The maximum absolute atomic E-state index is 12.4. The predicted octanol–water partition coefficient (Wildman–Crippen LogP) is 2.61. The third kappa shape index (κ3) is 4.85. The average Bonchev–Trinajstić information content (AvgIpc) is 3.28. The lowest BCUT2D eigenvalue weighted by molar-refractivity contribution is 0.183. The van der Waals surface area contributed by atoms with Gasteiger partial charge in [-0.3, -0.25) is 0 Å². The molecule has 2 atom stereocenters. The van der Waals surface area contributed by atoms with E-state index in [1.807, 2.05) is 16.7 Å². The molecule has 4 nitrogen and oxygen atoms in total. The smallest absolute Gasteiger partial charge is 0.317 e. The Morgan fingerprint density at radius 2 is 2.10 bits per heavy atom. The van der Waals surface area contributed by atoms with Gasteiger partial charge in [-0.05, 0) is 51.2 Å². The fraction of sp³-hybridized carbons (Fsp3) is 0.933. The predicted molar refractivity (Wildman–Crippen MR) is 84.1 cm³/mol. The van der Waals surface area contributed by atoms with Crippen LogP contribution in [0.15, 0.2) is 0 Å². The van der Waals surface area contributed by atoms with Gasteiger partial charge >= 0.3 is 6.03 Å². The van der Waals surface area contributed by atoms with E-state index >= 15 is 0 Å². The number of aliphatic hydroxyl groups is 1. The molecule has 2 unspecified atom stereocenters. The van der Waals surface area contributed by atoms with Crippen molar-refractivity contribution >= 4 is 17.8 Å². The van der Waals surface area contributed by atoms with Crippen LogP contribution < -0.4 is 5.32 Å². The molecule has 0 aliphatic heterocycles. The summed E-state index contributed by atoms with van der Waals surface area (Å²) in [5.74, 6) is 0. The van der Waals surface area contributed by atoms with Crippen molar-refractivity contribution in [1.29, 1.82) is 0 Å². The maximum atomic E-state index is 12.4.